The Morgan fingerprint density at radius 2 is 1.76 bits per heavy atom. The third-order valence-electron chi connectivity index (χ3n) is 7.35. The highest BCUT2D eigenvalue weighted by Gasteiger charge is 2.45. The van der Waals surface area contributed by atoms with Crippen molar-refractivity contribution in [2.75, 3.05) is 11.5 Å². The van der Waals surface area contributed by atoms with Crippen molar-refractivity contribution in [1.82, 2.24) is 0 Å². The summed E-state index contributed by atoms with van der Waals surface area (Å²) in [4.78, 5) is 20.8. The van der Waals surface area contributed by atoms with Crippen molar-refractivity contribution >= 4 is 17.3 Å². The molecule has 6 rings (SSSR count). The average Bonchev–Trinajstić information content (AvgIpc) is 2.93. The van der Waals surface area contributed by atoms with Crippen LogP contribution in [0.3, 0.4) is 0 Å². The number of benzene rings is 3. The number of fused-ring (bicyclic) bond motifs is 4. The molecule has 2 atom stereocenters. The Morgan fingerprint density at radius 3 is 2.54 bits per heavy atom. The van der Waals surface area contributed by atoms with Crippen molar-refractivity contribution in [1.29, 1.82) is 5.26 Å². The zero-order valence-corrected chi connectivity index (χ0v) is 20.5. The summed E-state index contributed by atoms with van der Waals surface area (Å²) in [7, 11) is 0. The van der Waals surface area contributed by atoms with Gasteiger partial charge in [0.15, 0.2) is 11.6 Å². The van der Waals surface area contributed by atoms with E-state index in [-0.39, 0.29) is 11.7 Å². The van der Waals surface area contributed by atoms with E-state index in [1.165, 1.54) is 0 Å². The normalized spacial score (nSPS) is 20.5. The topological polar surface area (TPSA) is 91.7 Å². The highest BCUT2D eigenvalue weighted by atomic mass is 16.5. The fourth-order valence-corrected chi connectivity index (χ4v) is 5.79. The van der Waals surface area contributed by atoms with Crippen molar-refractivity contribution in [2.24, 2.45) is 10.7 Å². The number of anilines is 1. The molecule has 0 unspecified atom stereocenters. The summed E-state index contributed by atoms with van der Waals surface area (Å²) in [5, 5.41) is 10.5. The standard InChI is InChI=1S/C31H26N4O2/c1-2-37-27-15-9-7-13-22(27)28-23(18-32)31-34-30(33)21-12-6-8-14-24(21)35(31)25-16-20(17-26(36)29(25)28)19-10-4-3-5-11-19/h3-15,20,28H,2,16-17H2,1H3,(H2,33,34)/t20-,28-/m1/s1. The molecule has 3 aliphatic rings. The van der Waals surface area contributed by atoms with Crippen molar-refractivity contribution in [3.05, 3.63) is 118 Å². The van der Waals surface area contributed by atoms with E-state index in [4.69, 9.17) is 15.5 Å². The van der Waals surface area contributed by atoms with Crippen molar-refractivity contribution in [3.63, 3.8) is 0 Å². The van der Waals surface area contributed by atoms with Gasteiger partial charge >= 0.3 is 0 Å². The van der Waals surface area contributed by atoms with Crippen molar-refractivity contribution in [2.45, 2.75) is 31.6 Å². The van der Waals surface area contributed by atoms with Gasteiger partial charge in [0.05, 0.1) is 29.9 Å². The molecule has 37 heavy (non-hydrogen) atoms. The summed E-state index contributed by atoms with van der Waals surface area (Å²) in [6.07, 6.45) is 1.02. The minimum Gasteiger partial charge on any atom is -0.494 e. The molecule has 2 N–H and O–H groups in total. The van der Waals surface area contributed by atoms with E-state index < -0.39 is 5.92 Å². The fraction of sp³-hybridized carbons (Fsp3) is 0.194. The molecule has 6 nitrogen and oxygen atoms in total. The van der Waals surface area contributed by atoms with E-state index in [1.54, 1.807) is 0 Å². The first-order valence-corrected chi connectivity index (χ1v) is 12.5. The second-order valence-corrected chi connectivity index (χ2v) is 9.40. The van der Waals surface area contributed by atoms with E-state index >= 15 is 0 Å². The molecule has 0 amide bonds. The number of ketones is 1. The van der Waals surface area contributed by atoms with Gasteiger partial charge in [0.1, 0.15) is 11.6 Å². The molecule has 182 valence electrons. The number of para-hydroxylation sites is 2. The number of Topliss-reactive ketones (excluding diaryl/α,β-unsaturated/α-hetero) is 1. The Morgan fingerprint density at radius 1 is 1.03 bits per heavy atom. The van der Waals surface area contributed by atoms with Gasteiger partial charge in [-0.2, -0.15) is 5.26 Å². The number of nitrogens with two attached hydrogens (primary N) is 1. The molecule has 0 bridgehead atoms. The fourth-order valence-electron chi connectivity index (χ4n) is 5.79. The second-order valence-electron chi connectivity index (χ2n) is 9.40. The third kappa shape index (κ3) is 3.63. The summed E-state index contributed by atoms with van der Waals surface area (Å²) in [5.74, 6) is 0.982. The van der Waals surface area contributed by atoms with Crippen LogP contribution in [0, 0.1) is 11.3 Å². The van der Waals surface area contributed by atoms with E-state index in [1.807, 2.05) is 78.6 Å². The number of carbonyl (C=O) groups excluding carboxylic acids is 1. The van der Waals surface area contributed by atoms with Gasteiger partial charge in [-0.15, -0.1) is 0 Å². The third-order valence-corrected chi connectivity index (χ3v) is 7.35. The number of allylic oxidation sites excluding steroid dienone is 3. The van der Waals surface area contributed by atoms with Crippen LogP contribution in [0.4, 0.5) is 5.69 Å². The van der Waals surface area contributed by atoms with Gasteiger partial charge in [-0.05, 0) is 43.0 Å². The number of nitrogens with zero attached hydrogens (tertiary/aromatic N) is 3. The second kappa shape index (κ2) is 9.11. The lowest BCUT2D eigenvalue weighted by Gasteiger charge is -2.43. The number of rotatable bonds is 4. The van der Waals surface area contributed by atoms with Crippen LogP contribution in [-0.2, 0) is 4.79 Å². The Labute approximate surface area is 216 Å². The molecule has 0 spiro atoms. The molecule has 0 saturated heterocycles. The lowest BCUT2D eigenvalue weighted by Crippen LogP contribution is -2.40. The van der Waals surface area contributed by atoms with Crippen molar-refractivity contribution < 1.29 is 9.53 Å². The van der Waals surface area contributed by atoms with Gasteiger partial charge in [-0.1, -0.05) is 60.7 Å². The maximum atomic E-state index is 14.1. The zero-order valence-electron chi connectivity index (χ0n) is 20.5. The van der Waals surface area contributed by atoms with Crippen LogP contribution in [0.5, 0.6) is 5.75 Å². The van der Waals surface area contributed by atoms with Gasteiger partial charge in [0, 0.05) is 28.8 Å². The van der Waals surface area contributed by atoms with Crippen molar-refractivity contribution in [3.8, 4) is 11.8 Å². The molecule has 2 aliphatic heterocycles. The van der Waals surface area contributed by atoms with E-state index in [2.05, 4.69) is 18.2 Å². The largest absolute Gasteiger partial charge is 0.494 e. The smallest absolute Gasteiger partial charge is 0.162 e. The maximum Gasteiger partial charge on any atom is 0.162 e. The maximum absolute atomic E-state index is 14.1. The summed E-state index contributed by atoms with van der Waals surface area (Å²) >= 11 is 0. The Bertz CT molecular complexity index is 1540. The van der Waals surface area contributed by atoms with Crippen LogP contribution in [0.15, 0.2) is 107 Å². The molecule has 2 heterocycles. The monoisotopic (exact) mass is 486 g/mol. The average molecular weight is 487 g/mol. The van der Waals surface area contributed by atoms with Gasteiger partial charge in [0.25, 0.3) is 0 Å². The zero-order chi connectivity index (χ0) is 25.5. The van der Waals surface area contributed by atoms with Crippen LogP contribution in [0.25, 0.3) is 0 Å². The molecule has 6 heteroatoms. The number of ether oxygens (including phenoxy) is 1. The van der Waals surface area contributed by atoms with Crippen LogP contribution in [-0.4, -0.2) is 18.2 Å². The minimum absolute atomic E-state index is 0.0236. The minimum atomic E-state index is -0.583. The molecule has 0 aromatic heterocycles. The summed E-state index contributed by atoms with van der Waals surface area (Å²) in [6, 6.07) is 27.9. The molecule has 1 aliphatic carbocycles. The first-order valence-electron chi connectivity index (χ1n) is 12.5. The van der Waals surface area contributed by atoms with Gasteiger partial charge < -0.3 is 10.5 Å². The first kappa shape index (κ1) is 22.8. The van der Waals surface area contributed by atoms with E-state index in [0.29, 0.717) is 48.0 Å². The molecular formula is C31H26N4O2. The van der Waals surface area contributed by atoms with E-state index in [0.717, 1.165) is 28.1 Å². The van der Waals surface area contributed by atoms with Crippen LogP contribution >= 0.6 is 0 Å². The Kier molecular flexibility index (Phi) is 5.61. The molecule has 0 saturated carbocycles. The number of hydrogen-bond donors (Lipinski definition) is 1. The number of nitriles is 1. The molecule has 3 aromatic rings. The van der Waals surface area contributed by atoms with Gasteiger partial charge in [-0.25, -0.2) is 4.99 Å². The molecule has 0 radical (unpaired) electrons. The lowest BCUT2D eigenvalue weighted by atomic mass is 9.71. The first-order chi connectivity index (χ1) is 18.1. The van der Waals surface area contributed by atoms with Crippen LogP contribution in [0.2, 0.25) is 0 Å². The number of carbonyl (C=O) groups is 1. The van der Waals surface area contributed by atoms with Crippen LogP contribution < -0.4 is 15.4 Å². The number of aliphatic imine (C=N–C) groups is 1. The summed E-state index contributed by atoms with van der Waals surface area (Å²) in [6.45, 7) is 2.40. The SMILES string of the molecule is CCOc1ccccc1[C@@H]1C(C#N)=C2N=C(N)c3ccccc3N2C2=C1C(=O)C[C@H](c1ccccc1)C2. The predicted octanol–water partition coefficient (Wildman–Crippen LogP) is 5.54. The summed E-state index contributed by atoms with van der Waals surface area (Å²) in [5.41, 5.74) is 11.9. The highest BCUT2D eigenvalue weighted by Crippen LogP contribution is 2.52. The van der Waals surface area contributed by atoms with Crippen LogP contribution in [0.1, 0.15) is 48.3 Å². The highest BCUT2D eigenvalue weighted by molar-refractivity contribution is 6.08. The van der Waals surface area contributed by atoms with E-state index in [9.17, 15) is 10.1 Å². The van der Waals surface area contributed by atoms with Gasteiger partial charge in [-0.3, -0.25) is 9.69 Å². The number of amidine groups is 1. The Hall–Kier alpha value is -4.63. The predicted molar refractivity (Wildman–Crippen MR) is 143 cm³/mol. The molecule has 3 aromatic carbocycles. The molecular weight excluding hydrogens is 460 g/mol. The summed E-state index contributed by atoms with van der Waals surface area (Å²) < 4.78 is 5.96. The number of hydrogen-bond acceptors (Lipinski definition) is 6. The van der Waals surface area contributed by atoms with Gasteiger partial charge in [0.2, 0.25) is 0 Å². The lowest BCUT2D eigenvalue weighted by molar-refractivity contribution is -0.116. The molecule has 0 fully saturated rings. The Balaban J connectivity index is 1.63. The quantitative estimate of drug-likeness (QED) is 0.522.